The van der Waals surface area contributed by atoms with Gasteiger partial charge in [0.1, 0.15) is 12.4 Å². The second-order valence-electron chi connectivity index (χ2n) is 6.61. The molecule has 2 heterocycles. The van der Waals surface area contributed by atoms with E-state index in [1.807, 2.05) is 0 Å². The van der Waals surface area contributed by atoms with Crippen molar-refractivity contribution >= 4 is 0 Å². The molecule has 2 aliphatic heterocycles. The van der Waals surface area contributed by atoms with Gasteiger partial charge in [0.15, 0.2) is 0 Å². The van der Waals surface area contributed by atoms with Crippen molar-refractivity contribution < 1.29 is 4.74 Å². The molecule has 0 N–H and O–H groups in total. The highest BCUT2D eigenvalue weighted by molar-refractivity contribution is 5.43. The third kappa shape index (κ3) is 2.52. The second-order valence-corrected chi connectivity index (χ2v) is 6.61. The molecule has 0 aliphatic carbocycles. The predicted octanol–water partition coefficient (Wildman–Crippen LogP) is 3.79. The summed E-state index contributed by atoms with van der Waals surface area (Å²) in [5.41, 5.74) is 4.14. The minimum Gasteiger partial charge on any atom is -0.492 e. The van der Waals surface area contributed by atoms with Crippen molar-refractivity contribution in [1.82, 2.24) is 4.90 Å². The monoisotopic (exact) mass is 293 g/mol. The largest absolute Gasteiger partial charge is 0.492 e. The van der Waals surface area contributed by atoms with Crippen LogP contribution in [0.15, 0.2) is 48.5 Å². The Bertz CT molecular complexity index is 648. The van der Waals surface area contributed by atoms with Crippen LogP contribution < -0.4 is 4.74 Å². The average molecular weight is 293 g/mol. The van der Waals surface area contributed by atoms with Crippen molar-refractivity contribution in [2.75, 3.05) is 19.7 Å². The molecule has 114 valence electrons. The molecule has 1 saturated heterocycles. The number of rotatable bonds is 3. The summed E-state index contributed by atoms with van der Waals surface area (Å²) >= 11 is 0. The molecule has 22 heavy (non-hydrogen) atoms. The summed E-state index contributed by atoms with van der Waals surface area (Å²) in [4.78, 5) is 2.60. The van der Waals surface area contributed by atoms with Crippen molar-refractivity contribution in [2.24, 2.45) is 0 Å². The molecule has 0 saturated carbocycles. The normalized spacial score (nSPS) is 24.2. The summed E-state index contributed by atoms with van der Waals surface area (Å²) in [6.45, 7) is 5.45. The van der Waals surface area contributed by atoms with Crippen LogP contribution in [-0.4, -0.2) is 30.6 Å². The van der Waals surface area contributed by atoms with E-state index in [4.69, 9.17) is 4.74 Å². The van der Waals surface area contributed by atoms with Gasteiger partial charge >= 0.3 is 0 Å². The maximum Gasteiger partial charge on any atom is 0.122 e. The van der Waals surface area contributed by atoms with Gasteiger partial charge in [0, 0.05) is 5.92 Å². The first-order chi connectivity index (χ1) is 10.8. The Hall–Kier alpha value is -1.80. The smallest absolute Gasteiger partial charge is 0.122 e. The zero-order valence-corrected chi connectivity index (χ0v) is 13.2. The fourth-order valence-electron chi connectivity index (χ4n) is 3.73. The van der Waals surface area contributed by atoms with Crippen LogP contribution in [-0.2, 0) is 6.42 Å². The molecule has 2 aromatic rings. The van der Waals surface area contributed by atoms with E-state index in [9.17, 15) is 0 Å². The Balaban J connectivity index is 1.70. The number of aryl methyl sites for hydroxylation is 1. The van der Waals surface area contributed by atoms with Gasteiger partial charge in [0.2, 0.25) is 0 Å². The molecular formula is C20H23NO. The van der Waals surface area contributed by atoms with Crippen LogP contribution in [0.4, 0.5) is 0 Å². The Labute approximate surface area is 132 Å². The highest BCUT2D eigenvalue weighted by Gasteiger charge is 2.37. The zero-order valence-electron chi connectivity index (χ0n) is 13.2. The van der Waals surface area contributed by atoms with Crippen molar-refractivity contribution in [3.05, 3.63) is 65.2 Å². The quantitative estimate of drug-likeness (QED) is 0.854. The van der Waals surface area contributed by atoms with E-state index in [-0.39, 0.29) is 0 Å². The fourth-order valence-corrected chi connectivity index (χ4v) is 3.73. The molecule has 2 nitrogen and oxygen atoms in total. The summed E-state index contributed by atoms with van der Waals surface area (Å²) in [6.07, 6.45) is 2.43. The molecule has 0 spiro atoms. The lowest BCUT2D eigenvalue weighted by Crippen LogP contribution is -2.52. The van der Waals surface area contributed by atoms with Crippen LogP contribution in [0.5, 0.6) is 5.75 Å². The molecule has 2 aliphatic rings. The molecule has 2 aromatic carbocycles. The zero-order chi connectivity index (χ0) is 14.9. The first-order valence-electron chi connectivity index (χ1n) is 8.32. The molecule has 1 fully saturated rings. The van der Waals surface area contributed by atoms with Gasteiger partial charge in [-0.25, -0.2) is 0 Å². The predicted molar refractivity (Wildman–Crippen MR) is 89.5 cm³/mol. The molecular weight excluding hydrogens is 270 g/mol. The van der Waals surface area contributed by atoms with E-state index in [0.29, 0.717) is 12.0 Å². The van der Waals surface area contributed by atoms with E-state index < -0.39 is 0 Å². The van der Waals surface area contributed by atoms with Crippen LogP contribution in [0.3, 0.4) is 0 Å². The Kier molecular flexibility index (Phi) is 3.63. The SMILES string of the molecule is Cc1ccc2c(c1)C(Cc1ccccc1)C(N1CCC1)CO2. The van der Waals surface area contributed by atoms with Crippen LogP contribution in [0, 0.1) is 6.92 Å². The third-order valence-corrected chi connectivity index (χ3v) is 5.10. The standard InChI is InChI=1S/C20H23NO/c1-15-8-9-20-18(12-15)17(13-16-6-3-2-4-7-16)19(14-22-20)21-10-5-11-21/h2-4,6-9,12,17,19H,5,10-11,13-14H2,1H3. The summed E-state index contributed by atoms with van der Waals surface area (Å²) in [5.74, 6) is 1.62. The maximum atomic E-state index is 6.07. The number of nitrogens with zero attached hydrogens (tertiary/aromatic N) is 1. The molecule has 2 heteroatoms. The Morgan fingerprint density at radius 3 is 2.64 bits per heavy atom. The van der Waals surface area contributed by atoms with Gasteiger partial charge in [-0.05, 0) is 50.0 Å². The minimum absolute atomic E-state index is 0.517. The summed E-state index contributed by atoms with van der Waals surface area (Å²) in [5, 5.41) is 0. The molecule has 4 rings (SSSR count). The highest BCUT2D eigenvalue weighted by atomic mass is 16.5. The Morgan fingerprint density at radius 2 is 1.91 bits per heavy atom. The average Bonchev–Trinajstić information content (AvgIpc) is 2.49. The van der Waals surface area contributed by atoms with Gasteiger partial charge < -0.3 is 4.74 Å². The molecule has 0 radical (unpaired) electrons. The lowest BCUT2D eigenvalue weighted by atomic mass is 9.82. The number of ether oxygens (including phenoxy) is 1. The van der Waals surface area contributed by atoms with E-state index in [2.05, 4.69) is 60.4 Å². The minimum atomic E-state index is 0.517. The number of hydrogen-bond acceptors (Lipinski definition) is 2. The van der Waals surface area contributed by atoms with Crippen molar-refractivity contribution in [3.8, 4) is 5.75 Å². The second kappa shape index (κ2) is 5.77. The van der Waals surface area contributed by atoms with Gasteiger partial charge in [0.05, 0.1) is 6.04 Å². The van der Waals surface area contributed by atoms with Crippen LogP contribution in [0.1, 0.15) is 29.0 Å². The summed E-state index contributed by atoms with van der Waals surface area (Å²) in [6, 6.07) is 18.0. The number of benzene rings is 2. The van der Waals surface area contributed by atoms with Gasteiger partial charge in [-0.3, -0.25) is 4.90 Å². The van der Waals surface area contributed by atoms with Gasteiger partial charge in [-0.15, -0.1) is 0 Å². The lowest BCUT2D eigenvalue weighted by molar-refractivity contribution is 0.0501. The maximum absolute atomic E-state index is 6.07. The number of hydrogen-bond donors (Lipinski definition) is 0. The van der Waals surface area contributed by atoms with E-state index in [1.165, 1.54) is 36.2 Å². The van der Waals surface area contributed by atoms with E-state index in [1.54, 1.807) is 0 Å². The van der Waals surface area contributed by atoms with Crippen molar-refractivity contribution in [1.29, 1.82) is 0 Å². The topological polar surface area (TPSA) is 12.5 Å². The molecule has 0 bridgehead atoms. The van der Waals surface area contributed by atoms with Gasteiger partial charge in [0.25, 0.3) is 0 Å². The molecule has 0 aromatic heterocycles. The number of fused-ring (bicyclic) bond motifs is 1. The first kappa shape index (κ1) is 13.8. The molecule has 0 amide bonds. The summed E-state index contributed by atoms with van der Waals surface area (Å²) < 4.78 is 6.07. The fraction of sp³-hybridized carbons (Fsp3) is 0.400. The van der Waals surface area contributed by atoms with Crippen molar-refractivity contribution in [2.45, 2.75) is 31.7 Å². The van der Waals surface area contributed by atoms with E-state index >= 15 is 0 Å². The van der Waals surface area contributed by atoms with Crippen LogP contribution in [0.2, 0.25) is 0 Å². The molecule has 2 atom stereocenters. The number of likely N-dealkylation sites (tertiary alicyclic amines) is 1. The van der Waals surface area contributed by atoms with Gasteiger partial charge in [-0.2, -0.15) is 0 Å². The lowest BCUT2D eigenvalue weighted by Gasteiger charge is -2.45. The third-order valence-electron chi connectivity index (χ3n) is 5.10. The van der Waals surface area contributed by atoms with E-state index in [0.717, 1.165) is 18.8 Å². The molecule has 2 unspecified atom stereocenters. The summed E-state index contributed by atoms with van der Waals surface area (Å²) in [7, 11) is 0. The van der Waals surface area contributed by atoms with Crippen LogP contribution in [0.25, 0.3) is 0 Å². The van der Waals surface area contributed by atoms with Crippen LogP contribution >= 0.6 is 0 Å². The Morgan fingerprint density at radius 1 is 1.09 bits per heavy atom. The van der Waals surface area contributed by atoms with Crippen molar-refractivity contribution in [3.63, 3.8) is 0 Å². The van der Waals surface area contributed by atoms with Gasteiger partial charge in [-0.1, -0.05) is 48.0 Å². The highest BCUT2D eigenvalue weighted by Crippen LogP contribution is 2.39. The first-order valence-corrected chi connectivity index (χ1v) is 8.32.